The zero-order valence-electron chi connectivity index (χ0n) is 11.0. The summed E-state index contributed by atoms with van der Waals surface area (Å²) in [5.74, 6) is 5.71. The average Bonchev–Trinajstić information content (AvgIpc) is 3.29. The predicted octanol–water partition coefficient (Wildman–Crippen LogP) is 1.06. The maximum atomic E-state index is 11.3. The number of nitrogens with two attached hydrogens (primary N) is 1. The molecule has 19 heavy (non-hydrogen) atoms. The summed E-state index contributed by atoms with van der Waals surface area (Å²) in [6.07, 6.45) is 7.00. The van der Waals surface area contributed by atoms with Gasteiger partial charge in [0.25, 0.3) is 5.91 Å². The van der Waals surface area contributed by atoms with Crippen molar-refractivity contribution in [2.75, 3.05) is 6.54 Å². The third-order valence-corrected chi connectivity index (χ3v) is 3.84. The number of nitrogen functional groups attached to an aromatic ring is 1. The second kappa shape index (κ2) is 5.27. The number of carbonyl (C=O) groups is 1. The van der Waals surface area contributed by atoms with Gasteiger partial charge in [0.2, 0.25) is 0 Å². The number of carbonyl (C=O) groups excluding carboxylic acids is 1. The molecule has 5 heteroatoms. The predicted molar refractivity (Wildman–Crippen MR) is 72.0 cm³/mol. The van der Waals surface area contributed by atoms with Gasteiger partial charge >= 0.3 is 0 Å². The Hall–Kier alpha value is -1.46. The van der Waals surface area contributed by atoms with Crippen molar-refractivity contribution in [1.82, 2.24) is 15.3 Å². The van der Waals surface area contributed by atoms with E-state index in [-0.39, 0.29) is 5.91 Å². The van der Waals surface area contributed by atoms with Crippen molar-refractivity contribution >= 4 is 5.91 Å². The van der Waals surface area contributed by atoms with E-state index in [1.807, 2.05) is 6.07 Å². The Bertz CT molecular complexity index is 451. The molecule has 0 saturated heterocycles. The van der Waals surface area contributed by atoms with Crippen LogP contribution in [-0.4, -0.2) is 28.4 Å². The van der Waals surface area contributed by atoms with E-state index in [1.165, 1.54) is 32.2 Å². The number of hydrogen-bond acceptors (Lipinski definition) is 4. The summed E-state index contributed by atoms with van der Waals surface area (Å²) in [5, 5.41) is 0. The summed E-state index contributed by atoms with van der Waals surface area (Å²) < 4.78 is 0. The zero-order chi connectivity index (χ0) is 13.2. The fourth-order valence-electron chi connectivity index (χ4n) is 2.36. The van der Waals surface area contributed by atoms with E-state index in [0.717, 1.165) is 24.2 Å². The fraction of sp³-hybridized carbons (Fsp3) is 0.571. The third kappa shape index (κ3) is 3.30. The molecule has 5 nitrogen and oxygen atoms in total. The van der Waals surface area contributed by atoms with Gasteiger partial charge in [-0.15, -0.1) is 0 Å². The van der Waals surface area contributed by atoms with Gasteiger partial charge in [0.15, 0.2) is 0 Å². The maximum absolute atomic E-state index is 11.3. The Kier molecular flexibility index (Phi) is 3.48. The van der Waals surface area contributed by atoms with E-state index >= 15 is 0 Å². The lowest BCUT2D eigenvalue weighted by Gasteiger charge is -2.21. The summed E-state index contributed by atoms with van der Waals surface area (Å²) >= 11 is 0. The number of aromatic nitrogens is 1. The van der Waals surface area contributed by atoms with Crippen LogP contribution in [-0.2, 0) is 6.54 Å². The first kappa shape index (κ1) is 12.6. The highest BCUT2D eigenvalue weighted by Gasteiger charge is 2.33. The lowest BCUT2D eigenvalue weighted by molar-refractivity contribution is 0.0953. The molecule has 1 aromatic heterocycles. The van der Waals surface area contributed by atoms with E-state index in [2.05, 4.69) is 15.3 Å². The Labute approximate surface area is 113 Å². The van der Waals surface area contributed by atoms with Crippen molar-refractivity contribution in [1.29, 1.82) is 0 Å². The quantitative estimate of drug-likeness (QED) is 0.456. The lowest BCUT2D eigenvalue weighted by atomic mass is 10.2. The minimum Gasteiger partial charge on any atom is -0.294 e. The normalized spacial score (nSPS) is 18.6. The minimum atomic E-state index is -0.295. The molecular weight excluding hydrogens is 240 g/mol. The van der Waals surface area contributed by atoms with Crippen molar-refractivity contribution in [3.63, 3.8) is 0 Å². The van der Waals surface area contributed by atoms with Gasteiger partial charge in [-0.05, 0) is 43.7 Å². The molecule has 0 unspecified atom stereocenters. The molecule has 0 radical (unpaired) electrons. The number of amides is 1. The highest BCUT2D eigenvalue weighted by molar-refractivity contribution is 5.93. The van der Waals surface area contributed by atoms with E-state index in [4.69, 9.17) is 5.84 Å². The van der Waals surface area contributed by atoms with Crippen molar-refractivity contribution in [3.8, 4) is 0 Å². The minimum absolute atomic E-state index is 0.295. The first-order valence-corrected chi connectivity index (χ1v) is 6.96. The van der Waals surface area contributed by atoms with Gasteiger partial charge in [-0.3, -0.25) is 20.1 Å². The lowest BCUT2D eigenvalue weighted by Crippen LogP contribution is -2.30. The second-order valence-corrected chi connectivity index (χ2v) is 5.62. The van der Waals surface area contributed by atoms with Crippen LogP contribution in [0.4, 0.5) is 0 Å². The average molecular weight is 260 g/mol. The van der Waals surface area contributed by atoms with E-state index < -0.39 is 0 Å². The van der Waals surface area contributed by atoms with Crippen LogP contribution >= 0.6 is 0 Å². The molecule has 0 atom stereocenters. The molecule has 0 aromatic carbocycles. The van der Waals surface area contributed by atoms with E-state index in [0.29, 0.717) is 5.56 Å². The van der Waals surface area contributed by atoms with Crippen molar-refractivity contribution in [2.45, 2.75) is 38.3 Å². The SMILES string of the molecule is NNC(=O)c1ccc(CN(CC2CC2)C2CC2)nc1. The fourth-order valence-corrected chi connectivity index (χ4v) is 2.36. The topological polar surface area (TPSA) is 71.2 Å². The van der Waals surface area contributed by atoms with Crippen LogP contribution in [0.5, 0.6) is 0 Å². The second-order valence-electron chi connectivity index (χ2n) is 5.62. The van der Waals surface area contributed by atoms with Crippen LogP contribution in [0, 0.1) is 5.92 Å². The summed E-state index contributed by atoms with van der Waals surface area (Å²) in [4.78, 5) is 18.2. The van der Waals surface area contributed by atoms with Crippen molar-refractivity contribution in [3.05, 3.63) is 29.6 Å². The summed E-state index contributed by atoms with van der Waals surface area (Å²) in [6.45, 7) is 2.10. The van der Waals surface area contributed by atoms with Gasteiger partial charge < -0.3 is 0 Å². The van der Waals surface area contributed by atoms with Gasteiger partial charge in [-0.25, -0.2) is 5.84 Å². The first-order valence-electron chi connectivity index (χ1n) is 6.96. The summed E-state index contributed by atoms with van der Waals surface area (Å²) in [6, 6.07) is 4.47. The highest BCUT2D eigenvalue weighted by atomic mass is 16.2. The highest BCUT2D eigenvalue weighted by Crippen LogP contribution is 2.35. The smallest absolute Gasteiger partial charge is 0.266 e. The van der Waals surface area contributed by atoms with Crippen LogP contribution in [0.15, 0.2) is 18.3 Å². The molecule has 2 aliphatic carbocycles. The number of nitrogens with zero attached hydrogens (tertiary/aromatic N) is 2. The molecule has 1 aromatic rings. The van der Waals surface area contributed by atoms with Crippen molar-refractivity contribution < 1.29 is 4.79 Å². The molecule has 3 N–H and O–H groups in total. The molecule has 1 amide bonds. The molecule has 0 bridgehead atoms. The molecule has 0 spiro atoms. The van der Waals surface area contributed by atoms with Gasteiger partial charge in [0, 0.05) is 25.3 Å². The first-order chi connectivity index (χ1) is 9.26. The third-order valence-electron chi connectivity index (χ3n) is 3.84. The zero-order valence-corrected chi connectivity index (χ0v) is 11.0. The summed E-state index contributed by atoms with van der Waals surface area (Å²) in [7, 11) is 0. The van der Waals surface area contributed by atoms with Crippen LogP contribution < -0.4 is 11.3 Å². The van der Waals surface area contributed by atoms with Crippen LogP contribution in [0.2, 0.25) is 0 Å². The van der Waals surface area contributed by atoms with Crippen LogP contribution in [0.25, 0.3) is 0 Å². The number of nitrogens with one attached hydrogen (secondary N) is 1. The molecule has 3 rings (SSSR count). The molecule has 2 aliphatic rings. The van der Waals surface area contributed by atoms with Gasteiger partial charge in [-0.1, -0.05) is 0 Å². The number of pyridine rings is 1. The Morgan fingerprint density at radius 3 is 2.68 bits per heavy atom. The molecule has 1 heterocycles. The number of hydrazine groups is 1. The molecule has 2 saturated carbocycles. The van der Waals surface area contributed by atoms with E-state index in [9.17, 15) is 4.79 Å². The molecular formula is C14H20N4O. The molecule has 2 fully saturated rings. The standard InChI is InChI=1S/C14H20N4O/c15-17-14(19)11-3-4-12(16-7-11)9-18(13-5-6-13)8-10-1-2-10/h3-4,7,10,13H,1-2,5-6,8-9,15H2,(H,17,19). The Balaban J connectivity index is 1.62. The van der Waals surface area contributed by atoms with E-state index in [1.54, 1.807) is 12.3 Å². The van der Waals surface area contributed by atoms with Crippen molar-refractivity contribution in [2.24, 2.45) is 11.8 Å². The summed E-state index contributed by atoms with van der Waals surface area (Å²) in [5.41, 5.74) is 3.65. The molecule has 102 valence electrons. The Morgan fingerprint density at radius 1 is 1.37 bits per heavy atom. The number of hydrogen-bond donors (Lipinski definition) is 2. The maximum Gasteiger partial charge on any atom is 0.266 e. The van der Waals surface area contributed by atoms with Gasteiger partial charge in [0.05, 0.1) is 11.3 Å². The monoisotopic (exact) mass is 260 g/mol. The van der Waals surface area contributed by atoms with Crippen LogP contribution in [0.1, 0.15) is 41.7 Å². The molecule has 0 aliphatic heterocycles. The van der Waals surface area contributed by atoms with Gasteiger partial charge in [-0.2, -0.15) is 0 Å². The number of rotatable bonds is 6. The largest absolute Gasteiger partial charge is 0.294 e. The van der Waals surface area contributed by atoms with Gasteiger partial charge in [0.1, 0.15) is 0 Å². The van der Waals surface area contributed by atoms with Crippen LogP contribution in [0.3, 0.4) is 0 Å². The Morgan fingerprint density at radius 2 is 2.16 bits per heavy atom.